The van der Waals surface area contributed by atoms with E-state index in [2.05, 4.69) is 46.4 Å². The summed E-state index contributed by atoms with van der Waals surface area (Å²) in [6.45, 7) is 9.78. The number of pyridine rings is 1. The van der Waals surface area contributed by atoms with Gasteiger partial charge in [-0.3, -0.25) is 4.99 Å². The Kier molecular flexibility index (Phi) is 7.70. The SMILES string of the molecule is CCOc1ccccc1Oc1ccc(CNC(=NC)NCc2ncc(C(C)(C)C)o2)cn1. The normalized spacial score (nSPS) is 11.8. The minimum atomic E-state index is -0.0703. The van der Waals surface area contributed by atoms with Gasteiger partial charge in [0.15, 0.2) is 17.5 Å². The number of hydrogen-bond acceptors (Lipinski definition) is 6. The average Bonchev–Trinajstić information content (AvgIpc) is 3.26. The third kappa shape index (κ3) is 6.47. The highest BCUT2D eigenvalue weighted by Gasteiger charge is 2.19. The third-order valence-electron chi connectivity index (χ3n) is 4.54. The van der Waals surface area contributed by atoms with Crippen LogP contribution in [0.3, 0.4) is 0 Å². The molecule has 32 heavy (non-hydrogen) atoms. The summed E-state index contributed by atoms with van der Waals surface area (Å²) >= 11 is 0. The molecule has 0 spiro atoms. The molecule has 0 aliphatic heterocycles. The first kappa shape index (κ1) is 23.1. The van der Waals surface area contributed by atoms with E-state index in [0.29, 0.717) is 48.9 Å². The fraction of sp³-hybridized carbons (Fsp3) is 0.375. The predicted molar refractivity (Wildman–Crippen MR) is 124 cm³/mol. The van der Waals surface area contributed by atoms with Crippen LogP contribution in [0.5, 0.6) is 17.4 Å². The van der Waals surface area contributed by atoms with Crippen LogP contribution in [-0.2, 0) is 18.5 Å². The van der Waals surface area contributed by atoms with Gasteiger partial charge >= 0.3 is 0 Å². The van der Waals surface area contributed by atoms with Gasteiger partial charge in [-0.15, -0.1) is 0 Å². The molecule has 0 unspecified atom stereocenters. The fourth-order valence-electron chi connectivity index (χ4n) is 2.80. The Morgan fingerprint density at radius 3 is 2.38 bits per heavy atom. The Morgan fingerprint density at radius 1 is 1.00 bits per heavy atom. The van der Waals surface area contributed by atoms with E-state index in [1.807, 2.05) is 43.3 Å². The van der Waals surface area contributed by atoms with Gasteiger partial charge in [-0.2, -0.15) is 0 Å². The van der Waals surface area contributed by atoms with Gasteiger partial charge in [0.05, 0.1) is 19.3 Å². The van der Waals surface area contributed by atoms with E-state index in [0.717, 1.165) is 11.3 Å². The maximum Gasteiger partial charge on any atom is 0.219 e. The van der Waals surface area contributed by atoms with Gasteiger partial charge in [0.25, 0.3) is 0 Å². The zero-order valence-corrected chi connectivity index (χ0v) is 19.3. The molecule has 0 aliphatic rings. The second-order valence-electron chi connectivity index (χ2n) is 8.13. The third-order valence-corrected chi connectivity index (χ3v) is 4.54. The maximum absolute atomic E-state index is 5.87. The Labute approximate surface area is 189 Å². The van der Waals surface area contributed by atoms with Crippen LogP contribution in [0.4, 0.5) is 0 Å². The van der Waals surface area contributed by atoms with Gasteiger partial charge in [0, 0.05) is 31.3 Å². The number of oxazole rings is 1. The van der Waals surface area contributed by atoms with Crippen molar-refractivity contribution >= 4 is 5.96 Å². The molecule has 3 aromatic rings. The summed E-state index contributed by atoms with van der Waals surface area (Å²) in [6.07, 6.45) is 3.54. The molecule has 2 aromatic heterocycles. The summed E-state index contributed by atoms with van der Waals surface area (Å²) in [4.78, 5) is 13.0. The van der Waals surface area contributed by atoms with E-state index in [1.54, 1.807) is 19.4 Å². The molecule has 0 saturated carbocycles. The second kappa shape index (κ2) is 10.7. The van der Waals surface area contributed by atoms with Crippen LogP contribution in [0.1, 0.15) is 44.9 Å². The lowest BCUT2D eigenvalue weighted by molar-refractivity contribution is 0.319. The molecule has 2 heterocycles. The van der Waals surface area contributed by atoms with Crippen LogP contribution in [0.2, 0.25) is 0 Å². The first-order valence-electron chi connectivity index (χ1n) is 10.6. The largest absolute Gasteiger partial charge is 0.490 e. The number of aliphatic imine (C=N–C) groups is 1. The molecule has 170 valence electrons. The van der Waals surface area contributed by atoms with E-state index in [9.17, 15) is 0 Å². The quantitative estimate of drug-likeness (QED) is 0.398. The van der Waals surface area contributed by atoms with Crippen molar-refractivity contribution in [2.75, 3.05) is 13.7 Å². The lowest BCUT2D eigenvalue weighted by atomic mass is 9.94. The molecule has 3 rings (SSSR count). The van der Waals surface area contributed by atoms with E-state index in [-0.39, 0.29) is 5.41 Å². The molecule has 0 saturated heterocycles. The molecule has 0 atom stereocenters. The first-order valence-corrected chi connectivity index (χ1v) is 10.6. The summed E-state index contributed by atoms with van der Waals surface area (Å²) < 4.78 is 17.3. The van der Waals surface area contributed by atoms with Crippen molar-refractivity contribution in [2.24, 2.45) is 4.99 Å². The molecule has 0 radical (unpaired) electrons. The van der Waals surface area contributed by atoms with Crippen LogP contribution < -0.4 is 20.1 Å². The molecule has 0 bridgehead atoms. The molecule has 1 aromatic carbocycles. The van der Waals surface area contributed by atoms with Gasteiger partial charge in [0.1, 0.15) is 5.76 Å². The van der Waals surface area contributed by atoms with Crippen molar-refractivity contribution in [3.05, 3.63) is 66.0 Å². The number of hydrogen-bond donors (Lipinski definition) is 2. The molecule has 8 nitrogen and oxygen atoms in total. The summed E-state index contributed by atoms with van der Waals surface area (Å²) in [7, 11) is 1.72. The number of nitrogens with zero attached hydrogens (tertiary/aromatic N) is 3. The zero-order valence-electron chi connectivity index (χ0n) is 19.3. The van der Waals surface area contributed by atoms with Crippen molar-refractivity contribution in [2.45, 2.75) is 46.2 Å². The summed E-state index contributed by atoms with van der Waals surface area (Å²) in [6, 6.07) is 11.3. The smallest absolute Gasteiger partial charge is 0.219 e. The zero-order chi connectivity index (χ0) is 23.0. The first-order chi connectivity index (χ1) is 15.4. The highest BCUT2D eigenvalue weighted by Crippen LogP contribution is 2.30. The monoisotopic (exact) mass is 437 g/mol. The second-order valence-corrected chi connectivity index (χ2v) is 8.13. The summed E-state index contributed by atoms with van der Waals surface area (Å²) in [5.74, 6) is 3.95. The maximum atomic E-state index is 5.87. The van der Waals surface area contributed by atoms with E-state index in [1.165, 1.54) is 0 Å². The van der Waals surface area contributed by atoms with Crippen LogP contribution in [-0.4, -0.2) is 29.6 Å². The van der Waals surface area contributed by atoms with E-state index < -0.39 is 0 Å². The fourth-order valence-corrected chi connectivity index (χ4v) is 2.80. The number of para-hydroxylation sites is 2. The van der Waals surface area contributed by atoms with Crippen LogP contribution in [0, 0.1) is 0 Å². The number of aromatic nitrogens is 2. The summed E-state index contributed by atoms with van der Waals surface area (Å²) in [5, 5.41) is 6.46. The number of benzene rings is 1. The average molecular weight is 438 g/mol. The number of guanidine groups is 1. The lowest BCUT2D eigenvalue weighted by Crippen LogP contribution is -2.36. The van der Waals surface area contributed by atoms with Gasteiger partial charge in [-0.05, 0) is 24.6 Å². The van der Waals surface area contributed by atoms with Crippen molar-refractivity contribution < 1.29 is 13.9 Å². The minimum Gasteiger partial charge on any atom is -0.490 e. The van der Waals surface area contributed by atoms with Gasteiger partial charge in [-0.1, -0.05) is 39.0 Å². The molecule has 0 fully saturated rings. The minimum absolute atomic E-state index is 0.0703. The Bertz CT molecular complexity index is 1020. The summed E-state index contributed by atoms with van der Waals surface area (Å²) in [5.41, 5.74) is 0.920. The lowest BCUT2D eigenvalue weighted by Gasteiger charge is -2.13. The Balaban J connectivity index is 1.51. The molecule has 0 aliphatic carbocycles. The highest BCUT2D eigenvalue weighted by atomic mass is 16.5. The van der Waals surface area contributed by atoms with Crippen molar-refractivity contribution in [1.82, 2.24) is 20.6 Å². The van der Waals surface area contributed by atoms with Crippen LogP contribution in [0.15, 0.2) is 58.2 Å². The van der Waals surface area contributed by atoms with Crippen LogP contribution in [0.25, 0.3) is 0 Å². The Hall–Kier alpha value is -3.55. The molecule has 0 amide bonds. The molecular formula is C24H31N5O3. The van der Waals surface area contributed by atoms with E-state index >= 15 is 0 Å². The van der Waals surface area contributed by atoms with Gasteiger partial charge in [-0.25, -0.2) is 9.97 Å². The number of ether oxygens (including phenoxy) is 2. The van der Waals surface area contributed by atoms with Crippen molar-refractivity contribution in [1.29, 1.82) is 0 Å². The highest BCUT2D eigenvalue weighted by molar-refractivity contribution is 5.79. The van der Waals surface area contributed by atoms with Crippen molar-refractivity contribution in [3.8, 4) is 17.4 Å². The van der Waals surface area contributed by atoms with Crippen molar-refractivity contribution in [3.63, 3.8) is 0 Å². The molecule has 2 N–H and O–H groups in total. The standard InChI is InChI=1S/C24H31N5O3/c1-6-30-18-9-7-8-10-19(18)31-21-12-11-17(13-26-21)14-28-23(25-5)29-16-22-27-15-20(32-22)24(2,3)4/h7-13,15H,6,14,16H2,1-5H3,(H2,25,28,29). The number of nitrogens with one attached hydrogen (secondary N) is 2. The Morgan fingerprint density at radius 2 is 1.75 bits per heavy atom. The topological polar surface area (TPSA) is 93.8 Å². The number of rotatable bonds is 8. The predicted octanol–water partition coefficient (Wildman–Crippen LogP) is 4.42. The van der Waals surface area contributed by atoms with E-state index in [4.69, 9.17) is 13.9 Å². The van der Waals surface area contributed by atoms with Gasteiger partial charge in [0.2, 0.25) is 11.8 Å². The molecule has 8 heteroatoms. The van der Waals surface area contributed by atoms with Gasteiger partial charge < -0.3 is 24.5 Å². The molecular weight excluding hydrogens is 406 g/mol. The van der Waals surface area contributed by atoms with Crippen LogP contribution >= 0.6 is 0 Å².